The topological polar surface area (TPSA) is 9.23 Å². The quantitative estimate of drug-likeness (QED) is 0.510. The predicted molar refractivity (Wildman–Crippen MR) is 75.0 cm³/mol. The second-order valence-corrected chi connectivity index (χ2v) is 4.12. The van der Waals surface area contributed by atoms with Gasteiger partial charge in [0.05, 0.1) is 11.6 Å². The van der Waals surface area contributed by atoms with E-state index in [4.69, 9.17) is 27.9 Å². The van der Waals surface area contributed by atoms with Crippen LogP contribution < -0.4 is 4.74 Å². The molecule has 0 aliphatic heterocycles. The molecule has 0 aliphatic rings. The number of benzene rings is 2. The summed E-state index contributed by atoms with van der Waals surface area (Å²) >= 11 is 16.1. The third-order valence-corrected chi connectivity index (χ3v) is 2.61. The van der Waals surface area contributed by atoms with Crippen LogP contribution in [-0.4, -0.2) is 0 Å². The molecule has 0 aliphatic carbocycles. The summed E-state index contributed by atoms with van der Waals surface area (Å²) in [5.74, 6) is 0.595. The maximum atomic E-state index is 5.97. The van der Waals surface area contributed by atoms with Gasteiger partial charge in [0, 0.05) is 11.1 Å². The molecule has 2 aromatic carbocycles. The average molecular weight is 397 g/mol. The molecule has 0 atom stereocenters. The fourth-order valence-corrected chi connectivity index (χ4v) is 1.60. The van der Waals surface area contributed by atoms with E-state index in [0.717, 1.165) is 5.56 Å². The third kappa shape index (κ3) is 5.28. The van der Waals surface area contributed by atoms with Crippen molar-refractivity contribution in [3.05, 3.63) is 64.1 Å². The van der Waals surface area contributed by atoms with E-state index in [-0.39, 0.29) is 0 Å². The van der Waals surface area contributed by atoms with Crippen LogP contribution in [0.1, 0.15) is 5.56 Å². The number of hydrogen-bond donors (Lipinski definition) is 0. The van der Waals surface area contributed by atoms with Crippen molar-refractivity contribution < 1.29 is 21.1 Å². The number of hydrogen-bond acceptors (Lipinski definition) is 1. The van der Waals surface area contributed by atoms with Crippen molar-refractivity contribution in [2.45, 2.75) is 6.61 Å². The van der Waals surface area contributed by atoms with Crippen LogP contribution in [0.2, 0.25) is 10.0 Å². The molecule has 0 bridgehead atoms. The van der Waals surface area contributed by atoms with Gasteiger partial charge in [-0.3, -0.25) is 0 Å². The average Bonchev–Trinajstić information content (AvgIpc) is 2.43. The Morgan fingerprint density at radius 1 is 1.22 bits per heavy atom. The molecule has 5 heteroatoms. The van der Waals surface area contributed by atoms with Gasteiger partial charge in [-0.1, -0.05) is 23.2 Å². The van der Waals surface area contributed by atoms with Gasteiger partial charge in [0.25, 0.3) is 0 Å². The third-order valence-electron chi connectivity index (χ3n) is 2.06. The Bertz CT molecular complexity index is 480. The number of ether oxygens (including phenoxy) is 1. The molecule has 0 saturated carbocycles. The summed E-state index contributed by atoms with van der Waals surface area (Å²) in [5.41, 5.74) is 1.04. The molecule has 0 N–H and O–H groups in total. The van der Waals surface area contributed by atoms with Gasteiger partial charge in [-0.25, -0.2) is 0 Å². The molecule has 0 amide bonds. The van der Waals surface area contributed by atoms with E-state index < -0.39 is 0 Å². The molecular formula is C13H9BrCl2OZn. The number of halogens is 3. The van der Waals surface area contributed by atoms with E-state index in [9.17, 15) is 0 Å². The van der Waals surface area contributed by atoms with Crippen LogP contribution in [0, 0.1) is 6.07 Å². The molecule has 0 unspecified atom stereocenters. The molecule has 1 nitrogen and oxygen atoms in total. The van der Waals surface area contributed by atoms with Crippen LogP contribution in [0.4, 0.5) is 0 Å². The molecular weight excluding hydrogens is 388 g/mol. The molecule has 90 valence electrons. The summed E-state index contributed by atoms with van der Waals surface area (Å²) in [7, 11) is 0. The molecule has 0 radical (unpaired) electrons. The van der Waals surface area contributed by atoms with Gasteiger partial charge in [0.15, 0.2) is 0 Å². The summed E-state index contributed by atoms with van der Waals surface area (Å²) < 4.78 is 5.57. The number of rotatable bonds is 3. The first-order valence-corrected chi connectivity index (χ1v) is 12.8. The van der Waals surface area contributed by atoms with Crippen molar-refractivity contribution in [1.29, 1.82) is 0 Å². The molecule has 18 heavy (non-hydrogen) atoms. The Morgan fingerprint density at radius 3 is 2.67 bits per heavy atom. The predicted octanol–water partition coefficient (Wildman–Crippen LogP) is 5.22. The van der Waals surface area contributed by atoms with Gasteiger partial charge in [-0.15, -0.1) is 5.56 Å². The SMILES string of the molecule is Clc1ccc(Cl)c(OCc2c[c-]ccc2)c1.[Zn+][Br]. The van der Waals surface area contributed by atoms with Crippen LogP contribution in [0.5, 0.6) is 5.75 Å². The Hall–Kier alpha value is -0.0766. The van der Waals surface area contributed by atoms with Crippen LogP contribution in [-0.2, 0) is 22.9 Å². The van der Waals surface area contributed by atoms with Gasteiger partial charge in [0.2, 0.25) is 0 Å². The standard InChI is InChI=1S/C13H9Cl2O.BrH.Zn/c14-11-6-7-12(15)13(8-11)16-9-10-4-2-1-3-5-10;;/h1-2,4-8H,9H2;1H;/q-1;;+2/p-1. The molecule has 0 fully saturated rings. The van der Waals surface area contributed by atoms with Crippen LogP contribution >= 0.6 is 36.8 Å². The van der Waals surface area contributed by atoms with E-state index in [0.29, 0.717) is 22.4 Å². The van der Waals surface area contributed by atoms with Gasteiger partial charge in [-0.05, 0) is 12.1 Å². The zero-order chi connectivity index (χ0) is 13.4. The fourth-order valence-electron chi connectivity index (χ4n) is 1.27. The molecule has 2 rings (SSSR count). The van der Waals surface area contributed by atoms with E-state index in [2.05, 4.69) is 19.7 Å². The Labute approximate surface area is 133 Å². The van der Waals surface area contributed by atoms with Crippen molar-refractivity contribution in [2.24, 2.45) is 0 Å². The summed E-state index contributed by atoms with van der Waals surface area (Å²) in [6.45, 7) is 0.456. The summed E-state index contributed by atoms with van der Waals surface area (Å²) in [4.78, 5) is 0. The van der Waals surface area contributed by atoms with Gasteiger partial charge in [-0.2, -0.15) is 30.3 Å². The maximum absolute atomic E-state index is 5.97. The normalized spacial score (nSPS) is 9.39. The summed E-state index contributed by atoms with van der Waals surface area (Å²) in [6.07, 6.45) is 0. The van der Waals surface area contributed by atoms with Crippen molar-refractivity contribution in [1.82, 2.24) is 0 Å². The first-order chi connectivity index (χ1) is 8.75. The Morgan fingerprint density at radius 2 is 2.00 bits per heavy atom. The van der Waals surface area contributed by atoms with E-state index in [1.54, 1.807) is 18.2 Å². The molecule has 0 heterocycles. The molecule has 0 aromatic heterocycles. The minimum absolute atomic E-state index is 0.456. The van der Waals surface area contributed by atoms with Gasteiger partial charge >= 0.3 is 30.0 Å². The first-order valence-electron chi connectivity index (χ1n) is 5.05. The van der Waals surface area contributed by atoms with Gasteiger partial charge in [0.1, 0.15) is 5.75 Å². The zero-order valence-electron chi connectivity index (χ0n) is 9.50. The molecule has 0 spiro atoms. The van der Waals surface area contributed by atoms with Crippen molar-refractivity contribution in [2.75, 3.05) is 0 Å². The second-order valence-electron chi connectivity index (χ2n) is 3.28. The second kappa shape index (κ2) is 8.93. The summed E-state index contributed by atoms with van der Waals surface area (Å²) in [5, 5.41) is 1.17. The first kappa shape index (κ1) is 16.0. The van der Waals surface area contributed by atoms with Crippen LogP contribution in [0.15, 0.2) is 42.5 Å². The molecule has 0 saturated heterocycles. The van der Waals surface area contributed by atoms with Crippen LogP contribution in [0.3, 0.4) is 0 Å². The minimum atomic E-state index is 0.456. The van der Waals surface area contributed by atoms with E-state index in [1.165, 1.54) is 16.3 Å². The van der Waals surface area contributed by atoms with Gasteiger partial charge < -0.3 is 4.74 Å². The van der Waals surface area contributed by atoms with Crippen molar-refractivity contribution in [3.8, 4) is 5.75 Å². The van der Waals surface area contributed by atoms with Crippen molar-refractivity contribution >= 4 is 36.8 Å². The monoisotopic (exact) mass is 394 g/mol. The Balaban J connectivity index is 0.000000771. The fraction of sp³-hybridized carbons (Fsp3) is 0.0769. The van der Waals surface area contributed by atoms with Crippen LogP contribution in [0.25, 0.3) is 0 Å². The van der Waals surface area contributed by atoms with Crippen molar-refractivity contribution in [3.63, 3.8) is 0 Å². The summed E-state index contributed by atoms with van der Waals surface area (Å²) in [6, 6.07) is 15.7. The zero-order valence-corrected chi connectivity index (χ0v) is 15.6. The van der Waals surface area contributed by atoms with E-state index >= 15 is 0 Å². The van der Waals surface area contributed by atoms with E-state index in [1.807, 2.05) is 24.3 Å². The Kier molecular flexibility index (Phi) is 7.93. The molecule has 2 aromatic rings.